The van der Waals surface area contributed by atoms with E-state index in [9.17, 15) is 5.11 Å². The van der Waals surface area contributed by atoms with Crippen LogP contribution in [0.25, 0.3) is 0 Å². The predicted molar refractivity (Wildman–Crippen MR) is 50.7 cm³/mol. The second-order valence-electron chi connectivity index (χ2n) is 2.88. The zero-order valence-electron chi connectivity index (χ0n) is 8.34. The molecule has 3 nitrogen and oxygen atoms in total. The molecular formula is C10H14O3. The molecule has 0 amide bonds. The number of phenolic OH excluding ortho intramolecular Hbond substituents is 1. The number of methoxy groups -OCH3 is 2. The maximum absolute atomic E-state index is 9.50. The highest BCUT2D eigenvalue weighted by Crippen LogP contribution is 2.37. The van der Waals surface area contributed by atoms with Crippen LogP contribution in [0.4, 0.5) is 0 Å². The van der Waals surface area contributed by atoms with Crippen LogP contribution < -0.4 is 9.47 Å². The lowest BCUT2D eigenvalue weighted by Gasteiger charge is -2.13. The summed E-state index contributed by atoms with van der Waals surface area (Å²) in [5.41, 5.74) is 1.72. The summed E-state index contributed by atoms with van der Waals surface area (Å²) in [7, 11) is 3.13. The summed E-state index contributed by atoms with van der Waals surface area (Å²) in [6.07, 6.45) is 0. The summed E-state index contributed by atoms with van der Waals surface area (Å²) in [5.74, 6) is 1.47. The van der Waals surface area contributed by atoms with E-state index < -0.39 is 0 Å². The van der Waals surface area contributed by atoms with Gasteiger partial charge in [-0.2, -0.15) is 0 Å². The third-order valence-corrected chi connectivity index (χ3v) is 2.20. The summed E-state index contributed by atoms with van der Waals surface area (Å²) < 4.78 is 10.2. The van der Waals surface area contributed by atoms with Gasteiger partial charge in [0.05, 0.1) is 14.2 Å². The molecule has 72 valence electrons. The number of hydrogen-bond acceptors (Lipinski definition) is 3. The van der Waals surface area contributed by atoms with Crippen molar-refractivity contribution < 1.29 is 14.6 Å². The van der Waals surface area contributed by atoms with Crippen molar-refractivity contribution in [2.45, 2.75) is 13.8 Å². The molecule has 0 radical (unpaired) electrons. The highest BCUT2D eigenvalue weighted by Gasteiger charge is 2.12. The molecule has 0 spiro atoms. The van der Waals surface area contributed by atoms with Crippen LogP contribution in [-0.2, 0) is 0 Å². The maximum Gasteiger partial charge on any atom is 0.164 e. The lowest BCUT2D eigenvalue weighted by molar-refractivity contribution is 0.348. The van der Waals surface area contributed by atoms with Gasteiger partial charge in [-0.3, -0.25) is 0 Å². The first-order valence-electron chi connectivity index (χ1n) is 4.03. The van der Waals surface area contributed by atoms with Gasteiger partial charge >= 0.3 is 0 Å². The number of hydrogen-bond donors (Lipinski definition) is 1. The van der Waals surface area contributed by atoms with Crippen molar-refractivity contribution in [3.8, 4) is 17.2 Å². The first kappa shape index (κ1) is 9.71. The number of phenols is 1. The van der Waals surface area contributed by atoms with Crippen molar-refractivity contribution in [2.24, 2.45) is 0 Å². The van der Waals surface area contributed by atoms with Gasteiger partial charge in [-0.15, -0.1) is 0 Å². The number of benzene rings is 1. The molecule has 0 saturated heterocycles. The quantitative estimate of drug-likeness (QED) is 0.760. The molecular weight excluding hydrogens is 168 g/mol. The summed E-state index contributed by atoms with van der Waals surface area (Å²) in [4.78, 5) is 0. The molecule has 13 heavy (non-hydrogen) atoms. The SMILES string of the molecule is COc1cc(O)c(C)c(C)c1OC. The van der Waals surface area contributed by atoms with Gasteiger partial charge < -0.3 is 14.6 Å². The van der Waals surface area contributed by atoms with Gasteiger partial charge in [0.2, 0.25) is 0 Å². The Labute approximate surface area is 77.9 Å². The van der Waals surface area contributed by atoms with E-state index >= 15 is 0 Å². The van der Waals surface area contributed by atoms with Gasteiger partial charge in [0.15, 0.2) is 11.5 Å². The Morgan fingerprint density at radius 2 is 1.69 bits per heavy atom. The maximum atomic E-state index is 9.50. The number of aromatic hydroxyl groups is 1. The monoisotopic (exact) mass is 182 g/mol. The van der Waals surface area contributed by atoms with Gasteiger partial charge in [0.1, 0.15) is 5.75 Å². The largest absolute Gasteiger partial charge is 0.508 e. The van der Waals surface area contributed by atoms with Crippen LogP contribution in [0.5, 0.6) is 17.2 Å². The predicted octanol–water partition coefficient (Wildman–Crippen LogP) is 2.03. The van der Waals surface area contributed by atoms with Crippen molar-refractivity contribution in [3.63, 3.8) is 0 Å². The van der Waals surface area contributed by atoms with Crippen LogP contribution in [0, 0.1) is 13.8 Å². The van der Waals surface area contributed by atoms with Crippen LogP contribution in [0.2, 0.25) is 0 Å². The minimum atomic E-state index is 0.232. The van der Waals surface area contributed by atoms with Crippen molar-refractivity contribution in [3.05, 3.63) is 17.2 Å². The Kier molecular flexibility index (Phi) is 2.66. The highest BCUT2D eigenvalue weighted by atomic mass is 16.5. The molecule has 0 saturated carbocycles. The van der Waals surface area contributed by atoms with Crippen molar-refractivity contribution in [1.29, 1.82) is 0 Å². The second kappa shape index (κ2) is 3.56. The summed E-state index contributed by atoms with van der Waals surface area (Å²) in [6.45, 7) is 3.73. The van der Waals surface area contributed by atoms with Crippen molar-refractivity contribution in [2.75, 3.05) is 14.2 Å². The first-order valence-corrected chi connectivity index (χ1v) is 4.03. The molecule has 0 aliphatic heterocycles. The lowest BCUT2D eigenvalue weighted by Crippen LogP contribution is -1.95. The Balaban J connectivity index is 3.39. The fourth-order valence-electron chi connectivity index (χ4n) is 1.25. The molecule has 1 aromatic rings. The van der Waals surface area contributed by atoms with E-state index in [2.05, 4.69) is 0 Å². The fourth-order valence-corrected chi connectivity index (χ4v) is 1.25. The third-order valence-electron chi connectivity index (χ3n) is 2.20. The molecule has 1 N–H and O–H groups in total. The van der Waals surface area contributed by atoms with Gasteiger partial charge in [0.25, 0.3) is 0 Å². The molecule has 0 atom stereocenters. The van der Waals surface area contributed by atoms with E-state index in [1.54, 1.807) is 20.3 Å². The Morgan fingerprint density at radius 3 is 2.15 bits per heavy atom. The number of rotatable bonds is 2. The molecule has 0 bridgehead atoms. The van der Waals surface area contributed by atoms with Gasteiger partial charge in [0, 0.05) is 11.6 Å². The van der Waals surface area contributed by atoms with Crippen LogP contribution in [-0.4, -0.2) is 19.3 Å². The lowest BCUT2D eigenvalue weighted by atomic mass is 10.1. The summed E-state index contributed by atoms with van der Waals surface area (Å²) in [5, 5.41) is 9.50. The minimum Gasteiger partial charge on any atom is -0.508 e. The molecule has 0 aliphatic rings. The average molecular weight is 182 g/mol. The van der Waals surface area contributed by atoms with Gasteiger partial charge in [-0.1, -0.05) is 0 Å². The standard InChI is InChI=1S/C10H14O3/c1-6-7(2)10(13-4)9(12-3)5-8(6)11/h5,11H,1-4H3. The van der Waals surface area contributed by atoms with E-state index in [-0.39, 0.29) is 5.75 Å². The second-order valence-corrected chi connectivity index (χ2v) is 2.88. The van der Waals surface area contributed by atoms with E-state index in [0.717, 1.165) is 11.1 Å². The average Bonchev–Trinajstić information content (AvgIpc) is 2.13. The molecule has 0 fully saturated rings. The summed E-state index contributed by atoms with van der Waals surface area (Å²) >= 11 is 0. The van der Waals surface area contributed by atoms with Crippen molar-refractivity contribution >= 4 is 0 Å². The van der Waals surface area contributed by atoms with E-state index in [1.165, 1.54) is 0 Å². The van der Waals surface area contributed by atoms with Crippen LogP contribution in [0.1, 0.15) is 11.1 Å². The zero-order valence-corrected chi connectivity index (χ0v) is 8.34. The summed E-state index contributed by atoms with van der Waals surface area (Å²) in [6, 6.07) is 1.56. The number of ether oxygens (including phenoxy) is 2. The molecule has 3 heteroatoms. The molecule has 0 aliphatic carbocycles. The van der Waals surface area contributed by atoms with Crippen LogP contribution in [0.15, 0.2) is 6.07 Å². The first-order chi connectivity index (χ1) is 6.11. The molecule has 0 heterocycles. The zero-order chi connectivity index (χ0) is 10.0. The minimum absolute atomic E-state index is 0.232. The fraction of sp³-hybridized carbons (Fsp3) is 0.400. The van der Waals surface area contributed by atoms with E-state index in [0.29, 0.717) is 11.5 Å². The van der Waals surface area contributed by atoms with Gasteiger partial charge in [-0.05, 0) is 19.4 Å². The third kappa shape index (κ3) is 1.54. The Morgan fingerprint density at radius 1 is 1.08 bits per heavy atom. The van der Waals surface area contributed by atoms with Crippen LogP contribution in [0.3, 0.4) is 0 Å². The highest BCUT2D eigenvalue weighted by molar-refractivity contribution is 5.55. The Bertz CT molecular complexity index is 318. The van der Waals surface area contributed by atoms with Crippen LogP contribution >= 0.6 is 0 Å². The van der Waals surface area contributed by atoms with E-state index in [4.69, 9.17) is 9.47 Å². The topological polar surface area (TPSA) is 38.7 Å². The Hall–Kier alpha value is -1.38. The molecule has 0 unspecified atom stereocenters. The molecule has 1 rings (SSSR count). The molecule has 0 aromatic heterocycles. The van der Waals surface area contributed by atoms with Crippen molar-refractivity contribution in [1.82, 2.24) is 0 Å². The van der Waals surface area contributed by atoms with E-state index in [1.807, 2.05) is 13.8 Å². The molecule has 1 aromatic carbocycles. The normalized spacial score (nSPS) is 9.85. The van der Waals surface area contributed by atoms with Gasteiger partial charge in [-0.25, -0.2) is 0 Å². The smallest absolute Gasteiger partial charge is 0.164 e.